The fourth-order valence-corrected chi connectivity index (χ4v) is 3.05. The second-order valence-corrected chi connectivity index (χ2v) is 6.54. The Kier molecular flexibility index (Phi) is 7.31. The van der Waals surface area contributed by atoms with Crippen molar-refractivity contribution in [1.29, 1.82) is 0 Å². The van der Waals surface area contributed by atoms with Crippen LogP contribution in [0.1, 0.15) is 20.7 Å². The zero-order valence-electron chi connectivity index (χ0n) is 16.8. The monoisotopic (exact) mass is 417 g/mol. The molecule has 146 valence electrons. The minimum atomic E-state index is -1.36. The van der Waals surface area contributed by atoms with Crippen LogP contribution in [-0.2, 0) is 0 Å². The van der Waals surface area contributed by atoms with Crippen LogP contribution in [0.25, 0.3) is 22.4 Å². The second kappa shape index (κ2) is 10.1. The van der Waals surface area contributed by atoms with Gasteiger partial charge < -0.3 is 15.2 Å². The Labute approximate surface area is 201 Å². The van der Waals surface area contributed by atoms with Crippen molar-refractivity contribution in [2.75, 3.05) is 5.32 Å². The van der Waals surface area contributed by atoms with E-state index in [2.05, 4.69) is 15.3 Å². The minimum Gasteiger partial charge on any atom is -0.545 e. The molecule has 0 saturated heterocycles. The Morgan fingerprint density at radius 1 is 0.806 bits per heavy atom. The smallest absolute Gasteiger partial charge is 0.545 e. The van der Waals surface area contributed by atoms with Crippen molar-refractivity contribution in [2.45, 2.75) is 0 Å². The molecule has 0 saturated carbocycles. The zero-order valence-corrected chi connectivity index (χ0v) is 18.8. The maximum atomic E-state index is 12.7. The number of pyridine rings is 2. The van der Waals surface area contributed by atoms with Crippen molar-refractivity contribution >= 4 is 17.6 Å². The molecule has 7 heteroatoms. The molecule has 4 rings (SSSR count). The van der Waals surface area contributed by atoms with Crippen molar-refractivity contribution in [1.82, 2.24) is 9.97 Å². The van der Waals surface area contributed by atoms with Gasteiger partial charge in [0.2, 0.25) is 0 Å². The number of aromatic carboxylic acids is 1. The summed E-state index contributed by atoms with van der Waals surface area (Å²) in [4.78, 5) is 32.5. The number of hydrogen-bond acceptors (Lipinski definition) is 5. The van der Waals surface area contributed by atoms with E-state index >= 15 is 0 Å². The molecule has 4 aromatic rings. The molecule has 0 aliphatic rings. The van der Waals surface area contributed by atoms with Crippen LogP contribution in [0, 0.1) is 0 Å². The number of carboxylic acid groups (broad SMARTS) is 1. The SMILES string of the molecule is O=C(Nc1cc(-c2ccccc2)ccc1C(=O)[O-])c1ccc(-c2ccncc2)nc1.[Na+]. The van der Waals surface area contributed by atoms with Gasteiger partial charge in [0.05, 0.1) is 22.9 Å². The van der Waals surface area contributed by atoms with Crippen LogP contribution in [0.2, 0.25) is 0 Å². The number of carbonyl (C=O) groups is 2. The molecular weight excluding hydrogens is 401 g/mol. The number of carbonyl (C=O) groups excluding carboxylic acids is 2. The molecule has 0 spiro atoms. The van der Waals surface area contributed by atoms with Gasteiger partial charge in [0.25, 0.3) is 5.91 Å². The van der Waals surface area contributed by atoms with Gasteiger partial charge in [-0.1, -0.05) is 42.5 Å². The van der Waals surface area contributed by atoms with Crippen LogP contribution < -0.4 is 40.0 Å². The van der Waals surface area contributed by atoms with Gasteiger partial charge in [0.1, 0.15) is 0 Å². The molecule has 1 N–H and O–H groups in total. The molecule has 0 atom stereocenters. The summed E-state index contributed by atoms with van der Waals surface area (Å²) in [5, 5.41) is 14.2. The minimum absolute atomic E-state index is 0. The van der Waals surface area contributed by atoms with E-state index in [4.69, 9.17) is 0 Å². The summed E-state index contributed by atoms with van der Waals surface area (Å²) in [5.41, 5.74) is 3.65. The summed E-state index contributed by atoms with van der Waals surface area (Å²) < 4.78 is 0. The van der Waals surface area contributed by atoms with E-state index in [1.807, 2.05) is 42.5 Å². The Bertz CT molecular complexity index is 1200. The van der Waals surface area contributed by atoms with E-state index in [0.717, 1.165) is 16.7 Å². The second-order valence-electron chi connectivity index (χ2n) is 6.54. The molecule has 0 aliphatic carbocycles. The van der Waals surface area contributed by atoms with Gasteiger partial charge in [-0.05, 0) is 41.5 Å². The molecule has 1 amide bonds. The molecule has 31 heavy (non-hydrogen) atoms. The average molecular weight is 417 g/mol. The number of aromatic nitrogens is 2. The fraction of sp³-hybridized carbons (Fsp3) is 0. The van der Waals surface area contributed by atoms with Crippen molar-refractivity contribution in [3.8, 4) is 22.4 Å². The molecule has 0 bridgehead atoms. The number of hydrogen-bond donors (Lipinski definition) is 1. The molecule has 2 aromatic heterocycles. The van der Waals surface area contributed by atoms with Gasteiger partial charge >= 0.3 is 29.6 Å². The third kappa shape index (κ3) is 5.24. The first-order chi connectivity index (χ1) is 14.6. The quantitative estimate of drug-likeness (QED) is 0.475. The number of rotatable bonds is 5. The summed E-state index contributed by atoms with van der Waals surface area (Å²) in [5.74, 6) is -1.83. The molecule has 0 unspecified atom stereocenters. The van der Waals surface area contributed by atoms with Gasteiger partial charge in [-0.3, -0.25) is 14.8 Å². The normalized spacial score (nSPS) is 10.1. The van der Waals surface area contributed by atoms with E-state index in [1.54, 1.807) is 36.7 Å². The van der Waals surface area contributed by atoms with E-state index in [-0.39, 0.29) is 40.8 Å². The van der Waals surface area contributed by atoms with E-state index in [9.17, 15) is 14.7 Å². The van der Waals surface area contributed by atoms with Crippen LogP contribution >= 0.6 is 0 Å². The zero-order chi connectivity index (χ0) is 20.9. The Balaban J connectivity index is 0.00000272. The summed E-state index contributed by atoms with van der Waals surface area (Å²) in [6.45, 7) is 0. The predicted molar refractivity (Wildman–Crippen MR) is 112 cm³/mol. The summed E-state index contributed by atoms with van der Waals surface area (Å²) in [6.07, 6.45) is 4.78. The van der Waals surface area contributed by atoms with Crippen molar-refractivity contribution in [3.63, 3.8) is 0 Å². The number of benzene rings is 2. The Morgan fingerprint density at radius 3 is 2.19 bits per heavy atom. The first-order valence-corrected chi connectivity index (χ1v) is 9.20. The summed E-state index contributed by atoms with van der Waals surface area (Å²) in [7, 11) is 0. The predicted octanol–water partition coefficient (Wildman–Crippen LogP) is 0.430. The molecule has 6 nitrogen and oxygen atoms in total. The summed E-state index contributed by atoms with van der Waals surface area (Å²) >= 11 is 0. The number of nitrogens with zero attached hydrogens (tertiary/aromatic N) is 2. The Morgan fingerprint density at radius 2 is 1.55 bits per heavy atom. The van der Waals surface area contributed by atoms with Gasteiger partial charge in [0.15, 0.2) is 0 Å². The first kappa shape index (κ1) is 22.4. The van der Waals surface area contributed by atoms with Crippen molar-refractivity contribution in [3.05, 3.63) is 103 Å². The topological polar surface area (TPSA) is 95.0 Å². The van der Waals surface area contributed by atoms with Gasteiger partial charge in [-0.15, -0.1) is 0 Å². The Hall–Kier alpha value is -3.32. The maximum Gasteiger partial charge on any atom is 1.00 e. The molecule has 2 aromatic carbocycles. The van der Waals surface area contributed by atoms with Crippen LogP contribution in [0.5, 0.6) is 0 Å². The molecule has 0 fully saturated rings. The molecular formula is C24H16N3NaO3. The number of anilines is 1. The van der Waals surface area contributed by atoms with E-state index in [0.29, 0.717) is 11.3 Å². The number of nitrogens with one attached hydrogen (secondary N) is 1. The van der Waals surface area contributed by atoms with E-state index in [1.165, 1.54) is 12.3 Å². The molecule has 0 radical (unpaired) electrons. The van der Waals surface area contributed by atoms with Crippen LogP contribution in [-0.4, -0.2) is 21.8 Å². The largest absolute Gasteiger partial charge is 1.00 e. The van der Waals surface area contributed by atoms with E-state index < -0.39 is 11.9 Å². The molecule has 0 aliphatic heterocycles. The van der Waals surface area contributed by atoms with Crippen LogP contribution in [0.3, 0.4) is 0 Å². The summed E-state index contributed by atoms with van der Waals surface area (Å²) in [6, 6.07) is 21.2. The van der Waals surface area contributed by atoms with Crippen LogP contribution in [0.15, 0.2) is 91.4 Å². The van der Waals surface area contributed by atoms with Gasteiger partial charge in [0, 0.05) is 29.7 Å². The van der Waals surface area contributed by atoms with Crippen molar-refractivity contribution in [2.24, 2.45) is 0 Å². The number of amides is 1. The van der Waals surface area contributed by atoms with Crippen LogP contribution in [0.4, 0.5) is 5.69 Å². The average Bonchev–Trinajstić information content (AvgIpc) is 2.80. The van der Waals surface area contributed by atoms with Crippen molar-refractivity contribution < 1.29 is 44.3 Å². The molecule has 2 heterocycles. The fourth-order valence-electron chi connectivity index (χ4n) is 3.05. The third-order valence-electron chi connectivity index (χ3n) is 4.60. The van der Waals surface area contributed by atoms with Gasteiger partial charge in [-0.2, -0.15) is 0 Å². The number of carboxylic acids is 1. The standard InChI is InChI=1S/C24H17N3O3.Na/c28-23(19-7-9-21(26-15-19)17-10-12-25-13-11-17)27-22-14-18(6-8-20(22)24(29)30)16-4-2-1-3-5-16;/h1-15H,(H,27,28)(H,29,30);/q;+1/p-1. The van der Waals surface area contributed by atoms with Gasteiger partial charge in [-0.25, -0.2) is 0 Å². The maximum absolute atomic E-state index is 12.7. The third-order valence-corrected chi connectivity index (χ3v) is 4.60. The first-order valence-electron chi connectivity index (χ1n) is 9.20.